The zero-order valence-electron chi connectivity index (χ0n) is 8.96. The SMILES string of the molecule is BC(CCCC)(C(=O)O)C(C)C.Cl. The summed E-state index contributed by atoms with van der Waals surface area (Å²) in [6.45, 7) is 6.04. The molecule has 0 saturated carbocycles. The quantitative estimate of drug-likeness (QED) is 0.700. The molecule has 0 aromatic rings. The van der Waals surface area contributed by atoms with Gasteiger partial charge in [0, 0.05) is 5.31 Å². The first kappa shape index (κ1) is 15.3. The molecule has 13 heavy (non-hydrogen) atoms. The van der Waals surface area contributed by atoms with Crippen molar-refractivity contribution in [3.8, 4) is 0 Å². The van der Waals surface area contributed by atoms with Crippen LogP contribution in [0.4, 0.5) is 0 Å². The number of aliphatic carboxylic acids is 1. The highest BCUT2D eigenvalue weighted by atomic mass is 35.5. The predicted octanol–water partition coefficient (Wildman–Crippen LogP) is 2.13. The van der Waals surface area contributed by atoms with Crippen molar-refractivity contribution < 1.29 is 9.90 Å². The van der Waals surface area contributed by atoms with E-state index in [0.717, 1.165) is 19.3 Å². The van der Waals surface area contributed by atoms with Crippen molar-refractivity contribution in [2.75, 3.05) is 0 Å². The van der Waals surface area contributed by atoms with Gasteiger partial charge in [0.25, 0.3) is 0 Å². The third-order valence-corrected chi connectivity index (χ3v) is 2.81. The van der Waals surface area contributed by atoms with Crippen LogP contribution in [-0.2, 0) is 4.79 Å². The molecule has 0 aliphatic heterocycles. The van der Waals surface area contributed by atoms with E-state index in [1.165, 1.54) is 0 Å². The summed E-state index contributed by atoms with van der Waals surface area (Å²) in [6, 6.07) is 0. The summed E-state index contributed by atoms with van der Waals surface area (Å²) in [4.78, 5) is 11.0. The van der Waals surface area contributed by atoms with Crippen LogP contribution < -0.4 is 0 Å². The van der Waals surface area contributed by atoms with Gasteiger partial charge in [0.2, 0.25) is 0 Å². The van der Waals surface area contributed by atoms with Crippen LogP contribution >= 0.6 is 12.4 Å². The van der Waals surface area contributed by atoms with E-state index in [-0.39, 0.29) is 18.3 Å². The number of halogens is 1. The molecule has 0 saturated heterocycles. The lowest BCUT2D eigenvalue weighted by Gasteiger charge is -2.28. The second kappa shape index (κ2) is 6.30. The van der Waals surface area contributed by atoms with E-state index in [0.29, 0.717) is 0 Å². The molecule has 2 nitrogen and oxygen atoms in total. The fourth-order valence-corrected chi connectivity index (χ4v) is 1.19. The minimum absolute atomic E-state index is 0. The number of carbonyl (C=O) groups is 1. The topological polar surface area (TPSA) is 37.3 Å². The van der Waals surface area contributed by atoms with Gasteiger partial charge < -0.3 is 5.11 Å². The monoisotopic (exact) mass is 206 g/mol. The Morgan fingerprint density at radius 1 is 1.54 bits per heavy atom. The van der Waals surface area contributed by atoms with E-state index >= 15 is 0 Å². The van der Waals surface area contributed by atoms with Crippen LogP contribution in [0.1, 0.15) is 40.0 Å². The summed E-state index contributed by atoms with van der Waals surface area (Å²) >= 11 is 0. The maximum atomic E-state index is 11.0. The van der Waals surface area contributed by atoms with Crippen LogP contribution in [0.25, 0.3) is 0 Å². The van der Waals surface area contributed by atoms with Gasteiger partial charge in [-0.15, -0.1) is 12.4 Å². The molecule has 78 valence electrons. The smallest absolute Gasteiger partial charge is 0.301 e. The van der Waals surface area contributed by atoms with Crippen molar-refractivity contribution in [2.24, 2.45) is 5.92 Å². The van der Waals surface area contributed by atoms with Crippen molar-refractivity contribution in [2.45, 2.75) is 45.3 Å². The van der Waals surface area contributed by atoms with Crippen molar-refractivity contribution in [1.29, 1.82) is 0 Å². The standard InChI is InChI=1S/C9H19BO2.ClH/c1-4-5-6-9(10,7(2)3)8(11)12;/h7H,4-6,10H2,1-3H3,(H,11,12);1H. The summed E-state index contributed by atoms with van der Waals surface area (Å²) in [5, 5.41) is 8.50. The molecule has 1 atom stereocenters. The van der Waals surface area contributed by atoms with E-state index in [9.17, 15) is 4.79 Å². The van der Waals surface area contributed by atoms with Crippen LogP contribution in [0.5, 0.6) is 0 Å². The first-order valence-corrected chi connectivity index (χ1v) is 4.68. The second-order valence-electron chi connectivity index (χ2n) is 3.98. The van der Waals surface area contributed by atoms with Gasteiger partial charge in [0.15, 0.2) is 0 Å². The number of carboxylic acids is 1. The van der Waals surface area contributed by atoms with Crippen LogP contribution in [0.2, 0.25) is 5.31 Å². The van der Waals surface area contributed by atoms with E-state index in [2.05, 4.69) is 6.92 Å². The van der Waals surface area contributed by atoms with Crippen molar-refractivity contribution in [1.82, 2.24) is 0 Å². The number of hydrogen-bond acceptors (Lipinski definition) is 1. The highest BCUT2D eigenvalue weighted by Gasteiger charge is 2.35. The minimum atomic E-state index is -0.661. The maximum Gasteiger partial charge on any atom is 0.301 e. The maximum absolute atomic E-state index is 11.0. The van der Waals surface area contributed by atoms with Gasteiger partial charge >= 0.3 is 5.97 Å². The Hall–Kier alpha value is -0.175. The zero-order valence-corrected chi connectivity index (χ0v) is 9.78. The third kappa shape index (κ3) is 4.03. The van der Waals surface area contributed by atoms with Crippen molar-refractivity contribution >= 4 is 26.2 Å². The third-order valence-electron chi connectivity index (χ3n) is 2.81. The fraction of sp³-hybridized carbons (Fsp3) is 0.889. The Balaban J connectivity index is 0. The van der Waals surface area contributed by atoms with Gasteiger partial charge in [-0.25, -0.2) is 0 Å². The molecule has 4 heteroatoms. The molecule has 0 heterocycles. The number of hydrogen-bond donors (Lipinski definition) is 1. The van der Waals surface area contributed by atoms with Crippen molar-refractivity contribution in [3.05, 3.63) is 0 Å². The number of rotatable bonds is 5. The molecule has 1 unspecified atom stereocenters. The van der Waals surface area contributed by atoms with Gasteiger partial charge in [-0.3, -0.25) is 4.79 Å². The largest absolute Gasteiger partial charge is 0.481 e. The van der Waals surface area contributed by atoms with Crippen LogP contribution in [-0.4, -0.2) is 18.9 Å². The molecular formula is C9H20BClO2. The highest BCUT2D eigenvalue weighted by Crippen LogP contribution is 2.37. The summed E-state index contributed by atoms with van der Waals surface area (Å²) in [6.07, 6.45) is 2.85. The van der Waals surface area contributed by atoms with Crippen LogP contribution in [0.3, 0.4) is 0 Å². The molecule has 0 spiro atoms. The minimum Gasteiger partial charge on any atom is -0.481 e. The lowest BCUT2D eigenvalue weighted by Crippen LogP contribution is -2.29. The molecule has 1 N–H and O–H groups in total. The van der Waals surface area contributed by atoms with Crippen LogP contribution in [0, 0.1) is 5.92 Å². The lowest BCUT2D eigenvalue weighted by molar-refractivity contribution is -0.142. The van der Waals surface area contributed by atoms with Gasteiger partial charge in [0.05, 0.1) is 0 Å². The van der Waals surface area contributed by atoms with Gasteiger partial charge in [-0.2, -0.15) is 0 Å². The van der Waals surface area contributed by atoms with Gasteiger partial charge in [0.1, 0.15) is 7.85 Å². The fourth-order valence-electron chi connectivity index (χ4n) is 1.19. The molecular weight excluding hydrogens is 186 g/mol. The van der Waals surface area contributed by atoms with Crippen LogP contribution in [0.15, 0.2) is 0 Å². The first-order valence-electron chi connectivity index (χ1n) is 4.68. The first-order chi connectivity index (χ1) is 5.45. The average Bonchev–Trinajstić information content (AvgIpc) is 1.99. The molecule has 0 rings (SSSR count). The predicted molar refractivity (Wildman–Crippen MR) is 60.5 cm³/mol. The van der Waals surface area contributed by atoms with E-state index in [1.807, 2.05) is 21.7 Å². The molecule has 0 aliphatic rings. The number of carboxylic acid groups (broad SMARTS) is 1. The molecule has 0 bridgehead atoms. The van der Waals surface area contributed by atoms with Crippen molar-refractivity contribution in [3.63, 3.8) is 0 Å². The Morgan fingerprint density at radius 3 is 2.23 bits per heavy atom. The second-order valence-corrected chi connectivity index (χ2v) is 3.98. The van der Waals surface area contributed by atoms with E-state index in [1.54, 1.807) is 0 Å². The molecule has 0 fully saturated rings. The Morgan fingerprint density at radius 2 is 2.00 bits per heavy atom. The van der Waals surface area contributed by atoms with E-state index in [4.69, 9.17) is 5.11 Å². The Labute approximate surface area is 87.9 Å². The van der Waals surface area contributed by atoms with E-state index < -0.39 is 11.3 Å². The Bertz CT molecular complexity index is 162. The summed E-state index contributed by atoms with van der Waals surface area (Å²) in [7, 11) is 1.84. The van der Waals surface area contributed by atoms with Gasteiger partial charge in [-0.05, 0) is 12.3 Å². The molecule has 0 radical (unpaired) electrons. The average molecular weight is 207 g/mol. The summed E-state index contributed by atoms with van der Waals surface area (Å²) < 4.78 is 0. The lowest BCUT2D eigenvalue weighted by atomic mass is 9.59. The Kier molecular flexibility index (Phi) is 7.42. The molecule has 0 amide bonds. The van der Waals surface area contributed by atoms with Gasteiger partial charge in [-0.1, -0.05) is 33.6 Å². The summed E-state index contributed by atoms with van der Waals surface area (Å²) in [5.41, 5.74) is 0. The molecule has 0 aromatic heterocycles. The summed E-state index contributed by atoms with van der Waals surface area (Å²) in [5.74, 6) is -0.451. The normalized spacial score (nSPS) is 14.8. The number of unbranched alkanes of at least 4 members (excludes halogenated alkanes) is 1. The highest BCUT2D eigenvalue weighted by molar-refractivity contribution is 6.26. The zero-order chi connectivity index (χ0) is 9.78. The molecule has 0 aromatic carbocycles. The molecule has 0 aliphatic carbocycles.